The Kier molecular flexibility index (Phi) is 2.40. The Morgan fingerprint density at radius 1 is 1.42 bits per heavy atom. The highest BCUT2D eigenvalue weighted by Crippen LogP contribution is 2.19. The third-order valence-electron chi connectivity index (χ3n) is 2.24. The Morgan fingerprint density at radius 2 is 2.00 bits per heavy atom. The van der Waals surface area contributed by atoms with Gasteiger partial charge in [-0.1, -0.05) is 13.8 Å². The van der Waals surface area contributed by atoms with Crippen LogP contribution in [0.5, 0.6) is 0 Å². The number of hydrogen-bond acceptors (Lipinski definition) is 2. The van der Waals surface area contributed by atoms with Gasteiger partial charge >= 0.3 is 0 Å². The van der Waals surface area contributed by atoms with Gasteiger partial charge in [0, 0.05) is 6.07 Å². The lowest BCUT2D eigenvalue weighted by Crippen LogP contribution is -2.15. The van der Waals surface area contributed by atoms with E-state index in [1.54, 1.807) is 0 Å². The molecule has 0 radical (unpaired) electrons. The molecule has 1 unspecified atom stereocenters. The van der Waals surface area contributed by atoms with Gasteiger partial charge in [-0.05, 0) is 19.8 Å². The number of nitrogens with zero attached hydrogens (tertiary/aromatic N) is 2. The number of nitrogens with two attached hydrogens (primary N) is 1. The van der Waals surface area contributed by atoms with E-state index < -0.39 is 0 Å². The van der Waals surface area contributed by atoms with Crippen molar-refractivity contribution in [2.45, 2.75) is 33.7 Å². The van der Waals surface area contributed by atoms with Crippen LogP contribution in [0.4, 0.5) is 5.82 Å². The molecule has 1 rings (SSSR count). The molecule has 0 aliphatic heterocycles. The molecule has 0 saturated heterocycles. The van der Waals surface area contributed by atoms with Gasteiger partial charge < -0.3 is 5.73 Å². The maximum atomic E-state index is 5.78. The Morgan fingerprint density at radius 3 is 2.33 bits per heavy atom. The van der Waals surface area contributed by atoms with E-state index in [-0.39, 0.29) is 0 Å². The SMILES string of the molecule is Cc1cc(N)n(C(C)C(C)C)n1. The lowest BCUT2D eigenvalue weighted by Gasteiger charge is -2.17. The van der Waals surface area contributed by atoms with Crippen LogP contribution in [0.2, 0.25) is 0 Å². The first-order chi connectivity index (χ1) is 5.52. The molecular weight excluding hydrogens is 150 g/mol. The normalized spacial score (nSPS) is 13.8. The van der Waals surface area contributed by atoms with Crippen molar-refractivity contribution in [2.75, 3.05) is 5.73 Å². The molecule has 3 nitrogen and oxygen atoms in total. The van der Waals surface area contributed by atoms with E-state index >= 15 is 0 Å². The fourth-order valence-corrected chi connectivity index (χ4v) is 1.15. The van der Waals surface area contributed by atoms with Crippen LogP contribution in [0, 0.1) is 12.8 Å². The van der Waals surface area contributed by atoms with Gasteiger partial charge in [-0.15, -0.1) is 0 Å². The molecule has 1 atom stereocenters. The van der Waals surface area contributed by atoms with E-state index in [2.05, 4.69) is 25.9 Å². The second-order valence-corrected chi connectivity index (χ2v) is 3.64. The molecule has 2 N–H and O–H groups in total. The van der Waals surface area contributed by atoms with Crippen molar-refractivity contribution in [3.8, 4) is 0 Å². The molecule has 0 aliphatic carbocycles. The average molecular weight is 167 g/mol. The van der Waals surface area contributed by atoms with Gasteiger partial charge in [0.05, 0.1) is 11.7 Å². The zero-order chi connectivity index (χ0) is 9.30. The molecule has 0 bridgehead atoms. The van der Waals surface area contributed by atoms with E-state index in [0.29, 0.717) is 12.0 Å². The topological polar surface area (TPSA) is 43.8 Å². The molecule has 12 heavy (non-hydrogen) atoms. The van der Waals surface area contributed by atoms with Gasteiger partial charge in [-0.2, -0.15) is 5.10 Å². The summed E-state index contributed by atoms with van der Waals surface area (Å²) < 4.78 is 1.89. The van der Waals surface area contributed by atoms with Crippen LogP contribution in [-0.4, -0.2) is 9.78 Å². The fourth-order valence-electron chi connectivity index (χ4n) is 1.15. The molecule has 0 spiro atoms. The van der Waals surface area contributed by atoms with Crippen LogP contribution in [0.1, 0.15) is 32.5 Å². The van der Waals surface area contributed by atoms with E-state index in [4.69, 9.17) is 5.73 Å². The van der Waals surface area contributed by atoms with Gasteiger partial charge in [-0.25, -0.2) is 4.68 Å². The monoisotopic (exact) mass is 167 g/mol. The predicted octanol–water partition coefficient (Wildman–Crippen LogP) is 1.99. The van der Waals surface area contributed by atoms with Crippen LogP contribution in [0.3, 0.4) is 0 Å². The zero-order valence-corrected chi connectivity index (χ0v) is 8.20. The first-order valence-corrected chi connectivity index (χ1v) is 4.34. The van der Waals surface area contributed by atoms with Crippen molar-refractivity contribution in [3.63, 3.8) is 0 Å². The summed E-state index contributed by atoms with van der Waals surface area (Å²) in [4.78, 5) is 0. The Hall–Kier alpha value is -0.990. The van der Waals surface area contributed by atoms with Gasteiger partial charge in [0.2, 0.25) is 0 Å². The Balaban J connectivity index is 2.94. The molecule has 1 aromatic heterocycles. The number of aryl methyl sites for hydroxylation is 1. The third kappa shape index (κ3) is 1.60. The van der Waals surface area contributed by atoms with Gasteiger partial charge in [-0.3, -0.25) is 0 Å². The van der Waals surface area contributed by atoms with Crippen molar-refractivity contribution in [2.24, 2.45) is 5.92 Å². The molecule has 0 fully saturated rings. The van der Waals surface area contributed by atoms with Crippen LogP contribution in [-0.2, 0) is 0 Å². The minimum absolute atomic E-state index is 0.374. The molecule has 1 aromatic rings. The van der Waals surface area contributed by atoms with Crippen molar-refractivity contribution in [1.82, 2.24) is 9.78 Å². The van der Waals surface area contributed by atoms with Gasteiger partial charge in [0.15, 0.2) is 0 Å². The summed E-state index contributed by atoms with van der Waals surface area (Å²) in [6, 6.07) is 2.28. The molecular formula is C9H17N3. The summed E-state index contributed by atoms with van der Waals surface area (Å²) in [6.07, 6.45) is 0. The van der Waals surface area contributed by atoms with Crippen molar-refractivity contribution >= 4 is 5.82 Å². The Bertz CT molecular complexity index is 263. The average Bonchev–Trinajstić information content (AvgIpc) is 2.28. The number of rotatable bonds is 2. The molecule has 0 saturated carbocycles. The summed E-state index contributed by atoms with van der Waals surface area (Å²) in [5, 5.41) is 4.32. The standard InChI is InChI=1S/C9H17N3/c1-6(2)8(4)12-9(10)5-7(3)11-12/h5-6,8H,10H2,1-4H3. The number of hydrogen-bond donors (Lipinski definition) is 1. The van der Waals surface area contributed by atoms with Gasteiger partial charge in [0.25, 0.3) is 0 Å². The van der Waals surface area contributed by atoms with Crippen molar-refractivity contribution in [1.29, 1.82) is 0 Å². The summed E-state index contributed by atoms with van der Waals surface area (Å²) in [7, 11) is 0. The van der Waals surface area contributed by atoms with Crippen LogP contribution in [0.15, 0.2) is 6.07 Å². The van der Waals surface area contributed by atoms with E-state index in [0.717, 1.165) is 11.5 Å². The highest BCUT2D eigenvalue weighted by molar-refractivity contribution is 5.30. The number of anilines is 1. The predicted molar refractivity (Wildman–Crippen MR) is 50.9 cm³/mol. The largest absolute Gasteiger partial charge is 0.384 e. The lowest BCUT2D eigenvalue weighted by molar-refractivity contribution is 0.379. The minimum atomic E-state index is 0.374. The zero-order valence-electron chi connectivity index (χ0n) is 8.20. The summed E-state index contributed by atoms with van der Waals surface area (Å²) in [5.74, 6) is 1.32. The molecule has 1 heterocycles. The van der Waals surface area contributed by atoms with E-state index in [1.165, 1.54) is 0 Å². The van der Waals surface area contributed by atoms with E-state index in [9.17, 15) is 0 Å². The minimum Gasteiger partial charge on any atom is -0.384 e. The second kappa shape index (κ2) is 3.17. The number of nitrogen functional groups attached to an aromatic ring is 1. The highest BCUT2D eigenvalue weighted by atomic mass is 15.3. The Labute approximate surface area is 73.6 Å². The van der Waals surface area contributed by atoms with Crippen molar-refractivity contribution < 1.29 is 0 Å². The maximum absolute atomic E-state index is 5.78. The quantitative estimate of drug-likeness (QED) is 0.732. The molecule has 68 valence electrons. The second-order valence-electron chi connectivity index (χ2n) is 3.64. The molecule has 0 aliphatic rings. The highest BCUT2D eigenvalue weighted by Gasteiger charge is 2.12. The molecule has 0 amide bonds. The first-order valence-electron chi connectivity index (χ1n) is 4.34. The fraction of sp³-hybridized carbons (Fsp3) is 0.667. The lowest BCUT2D eigenvalue weighted by atomic mass is 10.1. The van der Waals surface area contributed by atoms with Crippen LogP contribution < -0.4 is 5.73 Å². The van der Waals surface area contributed by atoms with Gasteiger partial charge in [0.1, 0.15) is 5.82 Å². The summed E-state index contributed by atoms with van der Waals surface area (Å²) >= 11 is 0. The summed E-state index contributed by atoms with van der Waals surface area (Å²) in [5.41, 5.74) is 6.77. The van der Waals surface area contributed by atoms with E-state index in [1.807, 2.05) is 17.7 Å². The molecule has 0 aromatic carbocycles. The molecule has 3 heteroatoms. The van der Waals surface area contributed by atoms with Crippen LogP contribution in [0.25, 0.3) is 0 Å². The van der Waals surface area contributed by atoms with Crippen LogP contribution >= 0.6 is 0 Å². The first kappa shape index (κ1) is 9.10. The third-order valence-corrected chi connectivity index (χ3v) is 2.24. The smallest absolute Gasteiger partial charge is 0.122 e. The summed E-state index contributed by atoms with van der Waals surface area (Å²) in [6.45, 7) is 8.43. The maximum Gasteiger partial charge on any atom is 0.122 e. The van der Waals surface area contributed by atoms with Crippen molar-refractivity contribution in [3.05, 3.63) is 11.8 Å². The number of aromatic nitrogens is 2.